The lowest BCUT2D eigenvalue weighted by Crippen LogP contribution is -2.28. The Labute approximate surface area is 130 Å². The highest BCUT2D eigenvalue weighted by atomic mass is 16.5. The summed E-state index contributed by atoms with van der Waals surface area (Å²) in [5, 5.41) is 14.0. The first-order chi connectivity index (χ1) is 10.5. The van der Waals surface area contributed by atoms with E-state index in [9.17, 15) is 9.90 Å². The number of carbonyl (C=O) groups excluding carboxylic acids is 1. The molecule has 0 saturated heterocycles. The van der Waals surface area contributed by atoms with Crippen LogP contribution in [0.2, 0.25) is 0 Å². The number of ether oxygens (including phenoxy) is 1. The lowest BCUT2D eigenvalue weighted by atomic mass is 10.2. The first-order valence-corrected chi connectivity index (χ1v) is 7.55. The molecule has 5 heteroatoms. The van der Waals surface area contributed by atoms with E-state index in [1.807, 2.05) is 12.1 Å². The molecule has 0 radical (unpaired) electrons. The summed E-state index contributed by atoms with van der Waals surface area (Å²) in [7, 11) is 0. The van der Waals surface area contributed by atoms with E-state index in [-0.39, 0.29) is 12.4 Å². The van der Waals surface area contributed by atoms with Crippen molar-refractivity contribution in [1.82, 2.24) is 5.32 Å². The summed E-state index contributed by atoms with van der Waals surface area (Å²) in [5.41, 5.74) is 0.542. The van der Waals surface area contributed by atoms with Gasteiger partial charge in [0.2, 0.25) is 0 Å². The average molecular weight is 305 g/mol. The Morgan fingerprint density at radius 1 is 1.41 bits per heavy atom. The van der Waals surface area contributed by atoms with E-state index in [0.29, 0.717) is 29.6 Å². The molecule has 120 valence electrons. The highest BCUT2D eigenvalue weighted by Gasteiger charge is 2.13. The average Bonchev–Trinajstić information content (AvgIpc) is 2.89. The van der Waals surface area contributed by atoms with Gasteiger partial charge in [0.05, 0.1) is 6.10 Å². The molecule has 1 unspecified atom stereocenters. The van der Waals surface area contributed by atoms with E-state index in [0.717, 1.165) is 11.9 Å². The zero-order chi connectivity index (χ0) is 16.1. The third-order valence-electron chi connectivity index (χ3n) is 3.32. The van der Waals surface area contributed by atoms with Crippen molar-refractivity contribution >= 4 is 16.8 Å². The van der Waals surface area contributed by atoms with Crippen LogP contribution < -0.4 is 10.1 Å². The van der Waals surface area contributed by atoms with Gasteiger partial charge in [-0.3, -0.25) is 4.79 Å². The van der Waals surface area contributed by atoms with Crippen molar-refractivity contribution in [3.63, 3.8) is 0 Å². The number of para-hydroxylation sites is 1. The fraction of sp³-hybridized carbons (Fsp3) is 0.471. The van der Waals surface area contributed by atoms with Crippen LogP contribution in [0.3, 0.4) is 0 Å². The number of hydrogen-bond donors (Lipinski definition) is 2. The van der Waals surface area contributed by atoms with E-state index >= 15 is 0 Å². The van der Waals surface area contributed by atoms with Crippen LogP contribution in [0.5, 0.6) is 5.75 Å². The van der Waals surface area contributed by atoms with Crippen molar-refractivity contribution in [1.29, 1.82) is 0 Å². The van der Waals surface area contributed by atoms with E-state index < -0.39 is 6.10 Å². The topological polar surface area (TPSA) is 71.7 Å². The summed E-state index contributed by atoms with van der Waals surface area (Å²) >= 11 is 0. The van der Waals surface area contributed by atoms with Crippen LogP contribution in [0, 0.1) is 0 Å². The second kappa shape index (κ2) is 7.42. The SMILES string of the molecule is CC(=O)c1cc2cccc(OCC(O)CCNC(C)C)c2o1. The van der Waals surface area contributed by atoms with Gasteiger partial charge in [0, 0.05) is 18.4 Å². The lowest BCUT2D eigenvalue weighted by Gasteiger charge is -2.14. The summed E-state index contributed by atoms with van der Waals surface area (Å²) in [5.74, 6) is 0.732. The van der Waals surface area contributed by atoms with Gasteiger partial charge in [-0.1, -0.05) is 26.0 Å². The van der Waals surface area contributed by atoms with Crippen LogP contribution in [0.4, 0.5) is 0 Å². The third-order valence-corrected chi connectivity index (χ3v) is 3.32. The number of Topliss-reactive ketones (excluding diaryl/α,β-unsaturated/α-hetero) is 1. The normalized spacial score (nSPS) is 12.8. The molecule has 1 aromatic heterocycles. The number of ketones is 1. The Morgan fingerprint density at radius 3 is 2.86 bits per heavy atom. The van der Waals surface area contributed by atoms with E-state index in [1.165, 1.54) is 6.92 Å². The minimum atomic E-state index is -0.552. The van der Waals surface area contributed by atoms with Crippen molar-refractivity contribution in [3.05, 3.63) is 30.0 Å². The summed E-state index contributed by atoms with van der Waals surface area (Å²) in [6.07, 6.45) is 0.0640. The largest absolute Gasteiger partial charge is 0.487 e. The van der Waals surface area contributed by atoms with Crippen LogP contribution in [-0.4, -0.2) is 36.2 Å². The van der Waals surface area contributed by atoms with Crippen LogP contribution in [0.15, 0.2) is 28.7 Å². The summed E-state index contributed by atoms with van der Waals surface area (Å²) in [6.45, 7) is 6.51. The molecule has 22 heavy (non-hydrogen) atoms. The molecule has 0 saturated carbocycles. The fourth-order valence-corrected chi connectivity index (χ4v) is 2.13. The molecule has 2 N–H and O–H groups in total. The number of benzene rings is 1. The number of aliphatic hydroxyl groups is 1. The Morgan fingerprint density at radius 2 is 2.18 bits per heavy atom. The Hall–Kier alpha value is -1.85. The molecule has 1 aromatic carbocycles. The number of hydrogen-bond acceptors (Lipinski definition) is 5. The molecule has 2 rings (SSSR count). The number of nitrogens with one attached hydrogen (secondary N) is 1. The molecular weight excluding hydrogens is 282 g/mol. The van der Waals surface area contributed by atoms with E-state index in [1.54, 1.807) is 12.1 Å². The molecule has 0 amide bonds. The summed E-state index contributed by atoms with van der Waals surface area (Å²) in [6, 6.07) is 7.57. The smallest absolute Gasteiger partial charge is 0.194 e. The van der Waals surface area contributed by atoms with Crippen molar-refractivity contribution in [2.75, 3.05) is 13.2 Å². The van der Waals surface area contributed by atoms with Gasteiger partial charge < -0.3 is 19.6 Å². The number of carbonyl (C=O) groups is 1. The Kier molecular flexibility index (Phi) is 5.57. The van der Waals surface area contributed by atoms with Crippen LogP contribution in [-0.2, 0) is 0 Å². The number of fused-ring (bicyclic) bond motifs is 1. The summed E-state index contributed by atoms with van der Waals surface area (Å²) < 4.78 is 11.2. The first kappa shape index (κ1) is 16.5. The molecule has 0 aliphatic heterocycles. The third kappa shape index (κ3) is 4.32. The highest BCUT2D eigenvalue weighted by molar-refractivity contribution is 5.97. The molecule has 0 aliphatic rings. The molecule has 5 nitrogen and oxygen atoms in total. The minimum absolute atomic E-state index is 0.123. The first-order valence-electron chi connectivity index (χ1n) is 7.55. The highest BCUT2D eigenvalue weighted by Crippen LogP contribution is 2.29. The summed E-state index contributed by atoms with van der Waals surface area (Å²) in [4.78, 5) is 11.4. The van der Waals surface area contributed by atoms with Gasteiger partial charge in [0.1, 0.15) is 6.61 Å². The molecule has 0 bridgehead atoms. The zero-order valence-corrected chi connectivity index (χ0v) is 13.3. The minimum Gasteiger partial charge on any atom is -0.487 e. The molecule has 0 fully saturated rings. The van der Waals surface area contributed by atoms with Gasteiger partial charge in [-0.05, 0) is 25.1 Å². The van der Waals surface area contributed by atoms with Gasteiger partial charge in [0.25, 0.3) is 0 Å². The Balaban J connectivity index is 1.98. The molecule has 0 spiro atoms. The number of aliphatic hydroxyl groups excluding tert-OH is 1. The van der Waals surface area contributed by atoms with Gasteiger partial charge in [-0.2, -0.15) is 0 Å². The number of rotatable bonds is 8. The van der Waals surface area contributed by atoms with Crippen molar-refractivity contribution < 1.29 is 19.1 Å². The Bertz CT molecular complexity index is 633. The van der Waals surface area contributed by atoms with Gasteiger partial charge >= 0.3 is 0 Å². The molecule has 1 atom stereocenters. The predicted octanol–water partition coefficient (Wildman–Crippen LogP) is 2.76. The molecule has 1 heterocycles. The monoisotopic (exact) mass is 305 g/mol. The maximum Gasteiger partial charge on any atom is 0.194 e. The van der Waals surface area contributed by atoms with Crippen LogP contribution in [0.1, 0.15) is 37.7 Å². The van der Waals surface area contributed by atoms with E-state index in [4.69, 9.17) is 9.15 Å². The predicted molar refractivity (Wildman–Crippen MR) is 85.5 cm³/mol. The standard InChI is InChI=1S/C17H23NO4/c1-11(2)18-8-7-14(20)10-21-15-6-4-5-13-9-16(12(3)19)22-17(13)15/h4-6,9,11,14,18,20H,7-8,10H2,1-3H3. The quantitative estimate of drug-likeness (QED) is 0.734. The maximum absolute atomic E-state index is 11.4. The molecular formula is C17H23NO4. The van der Waals surface area contributed by atoms with Gasteiger partial charge in [-0.25, -0.2) is 0 Å². The lowest BCUT2D eigenvalue weighted by molar-refractivity contribution is 0.0976. The fourth-order valence-electron chi connectivity index (χ4n) is 2.13. The van der Waals surface area contributed by atoms with Crippen molar-refractivity contribution in [3.8, 4) is 5.75 Å². The van der Waals surface area contributed by atoms with Crippen molar-refractivity contribution in [2.45, 2.75) is 39.3 Å². The van der Waals surface area contributed by atoms with Crippen LogP contribution in [0.25, 0.3) is 11.0 Å². The van der Waals surface area contributed by atoms with E-state index in [2.05, 4.69) is 19.2 Å². The van der Waals surface area contributed by atoms with Gasteiger partial charge in [-0.15, -0.1) is 0 Å². The number of furan rings is 1. The maximum atomic E-state index is 11.4. The molecule has 2 aromatic rings. The second-order valence-electron chi connectivity index (χ2n) is 5.70. The van der Waals surface area contributed by atoms with Crippen molar-refractivity contribution in [2.24, 2.45) is 0 Å². The molecule has 0 aliphatic carbocycles. The van der Waals surface area contributed by atoms with Crippen LogP contribution >= 0.6 is 0 Å². The van der Waals surface area contributed by atoms with Gasteiger partial charge in [0.15, 0.2) is 22.9 Å². The second-order valence-corrected chi connectivity index (χ2v) is 5.70. The zero-order valence-electron chi connectivity index (χ0n) is 13.3.